The van der Waals surface area contributed by atoms with Crippen molar-refractivity contribution in [2.75, 3.05) is 13.1 Å². The molecule has 3 heterocycles. The van der Waals surface area contributed by atoms with Gasteiger partial charge < -0.3 is 20.5 Å². The standard InChI is InChI=1S/C15H17FN6O4/c1-21-19-6-11(20-21)8-4-9(13(17)23)14(18-5-8)26-12-2-3-22(15(24)25)7-10(12)16/h4-6,10,12H,2-3,7H2,1H3,(H2,17,23)(H,24,25)/t10-,12+/m0/s1. The summed E-state index contributed by atoms with van der Waals surface area (Å²) >= 11 is 0. The molecule has 2 aromatic rings. The molecule has 0 saturated carbocycles. The number of aromatic nitrogens is 4. The molecule has 3 rings (SSSR count). The van der Waals surface area contributed by atoms with Gasteiger partial charge in [-0.15, -0.1) is 0 Å². The number of nitrogens with two attached hydrogens (primary N) is 1. The molecule has 1 saturated heterocycles. The van der Waals surface area contributed by atoms with Crippen molar-refractivity contribution < 1.29 is 23.8 Å². The molecule has 0 unspecified atom stereocenters. The molecule has 1 aliphatic rings. The lowest BCUT2D eigenvalue weighted by Crippen LogP contribution is -2.49. The van der Waals surface area contributed by atoms with Gasteiger partial charge in [-0.3, -0.25) is 4.79 Å². The Morgan fingerprint density at radius 1 is 1.42 bits per heavy atom. The van der Waals surface area contributed by atoms with Gasteiger partial charge in [-0.1, -0.05) is 0 Å². The van der Waals surface area contributed by atoms with Crippen molar-refractivity contribution in [1.29, 1.82) is 0 Å². The average Bonchev–Trinajstić information content (AvgIpc) is 3.03. The highest BCUT2D eigenvalue weighted by atomic mass is 19.1. The number of aryl methyl sites for hydroxylation is 1. The molecule has 0 aromatic carbocycles. The number of carbonyl (C=O) groups excluding carboxylic acids is 1. The fraction of sp³-hybridized carbons (Fsp3) is 0.400. The van der Waals surface area contributed by atoms with E-state index in [-0.39, 0.29) is 31.0 Å². The van der Waals surface area contributed by atoms with E-state index in [0.29, 0.717) is 11.3 Å². The largest absolute Gasteiger partial charge is 0.471 e. The zero-order chi connectivity index (χ0) is 18.8. The molecule has 0 radical (unpaired) electrons. The zero-order valence-corrected chi connectivity index (χ0v) is 13.9. The molecule has 2 amide bonds. The number of alkyl halides is 1. The fourth-order valence-electron chi connectivity index (χ4n) is 2.67. The smallest absolute Gasteiger partial charge is 0.407 e. The van der Waals surface area contributed by atoms with Crippen molar-refractivity contribution in [3.8, 4) is 17.1 Å². The van der Waals surface area contributed by atoms with Crippen LogP contribution in [0.2, 0.25) is 0 Å². The summed E-state index contributed by atoms with van der Waals surface area (Å²) in [5.74, 6) is -0.877. The summed E-state index contributed by atoms with van der Waals surface area (Å²) in [6.07, 6.45) is -0.581. The first-order valence-corrected chi connectivity index (χ1v) is 7.80. The van der Waals surface area contributed by atoms with Crippen molar-refractivity contribution in [3.63, 3.8) is 0 Å². The Labute approximate surface area is 147 Å². The molecular weight excluding hydrogens is 347 g/mol. The molecule has 0 bridgehead atoms. The molecule has 11 heteroatoms. The van der Waals surface area contributed by atoms with E-state index in [1.54, 1.807) is 7.05 Å². The number of carbonyl (C=O) groups is 2. The van der Waals surface area contributed by atoms with Crippen LogP contribution in [0.3, 0.4) is 0 Å². The number of rotatable bonds is 4. The second kappa shape index (κ2) is 6.94. The molecule has 0 spiro atoms. The number of ether oxygens (including phenoxy) is 1. The molecule has 10 nitrogen and oxygen atoms in total. The molecule has 2 aromatic heterocycles. The van der Waals surface area contributed by atoms with Gasteiger partial charge in [0, 0.05) is 31.8 Å². The molecule has 0 aliphatic carbocycles. The van der Waals surface area contributed by atoms with E-state index in [4.69, 9.17) is 15.6 Å². The Balaban J connectivity index is 1.81. The van der Waals surface area contributed by atoms with Crippen LogP contribution in [0.4, 0.5) is 9.18 Å². The highest BCUT2D eigenvalue weighted by Crippen LogP contribution is 2.26. The van der Waals surface area contributed by atoms with Gasteiger partial charge in [0.05, 0.1) is 12.7 Å². The van der Waals surface area contributed by atoms with E-state index in [1.807, 2.05) is 0 Å². The monoisotopic (exact) mass is 364 g/mol. The lowest BCUT2D eigenvalue weighted by Gasteiger charge is -2.33. The predicted octanol–water partition coefficient (Wildman–Crippen LogP) is 0.445. The molecule has 1 aliphatic heterocycles. The SMILES string of the molecule is Cn1ncc(-c2cnc(O[C@@H]3CCN(C(=O)O)C[C@@H]3F)c(C(N)=O)c2)n1. The number of halogens is 1. The Hall–Kier alpha value is -3.24. The van der Waals surface area contributed by atoms with Crippen LogP contribution in [0.1, 0.15) is 16.8 Å². The van der Waals surface area contributed by atoms with Gasteiger partial charge in [0.2, 0.25) is 5.88 Å². The van der Waals surface area contributed by atoms with Crippen LogP contribution in [0, 0.1) is 0 Å². The number of pyridine rings is 1. The quantitative estimate of drug-likeness (QED) is 0.803. The number of hydrogen-bond acceptors (Lipinski definition) is 6. The van der Waals surface area contributed by atoms with Gasteiger partial charge in [0.1, 0.15) is 17.4 Å². The second-order valence-electron chi connectivity index (χ2n) is 5.85. The van der Waals surface area contributed by atoms with E-state index in [2.05, 4.69) is 15.2 Å². The molecule has 26 heavy (non-hydrogen) atoms. The number of amides is 2. The first kappa shape index (κ1) is 17.6. The van der Waals surface area contributed by atoms with Crippen molar-refractivity contribution in [3.05, 3.63) is 24.0 Å². The van der Waals surface area contributed by atoms with Gasteiger partial charge in [-0.05, 0) is 6.07 Å². The summed E-state index contributed by atoms with van der Waals surface area (Å²) in [4.78, 5) is 29.1. The summed E-state index contributed by atoms with van der Waals surface area (Å²) in [6.45, 7) is -0.173. The van der Waals surface area contributed by atoms with E-state index in [0.717, 1.165) is 4.90 Å². The Morgan fingerprint density at radius 3 is 2.77 bits per heavy atom. The maximum Gasteiger partial charge on any atom is 0.407 e. The normalized spacial score (nSPS) is 20.0. The number of nitrogens with zero attached hydrogens (tertiary/aromatic N) is 5. The summed E-state index contributed by atoms with van der Waals surface area (Å²) < 4.78 is 19.8. The van der Waals surface area contributed by atoms with E-state index in [9.17, 15) is 14.0 Å². The molecular formula is C15H17FN6O4. The number of carboxylic acid groups (broad SMARTS) is 1. The first-order chi connectivity index (χ1) is 12.3. The van der Waals surface area contributed by atoms with Crippen LogP contribution < -0.4 is 10.5 Å². The van der Waals surface area contributed by atoms with E-state index < -0.39 is 24.3 Å². The van der Waals surface area contributed by atoms with Crippen molar-refractivity contribution in [2.24, 2.45) is 12.8 Å². The number of piperidine rings is 1. The maximum absolute atomic E-state index is 14.2. The second-order valence-corrected chi connectivity index (χ2v) is 5.85. The predicted molar refractivity (Wildman–Crippen MR) is 86.3 cm³/mol. The molecule has 1 fully saturated rings. The van der Waals surface area contributed by atoms with Crippen LogP contribution in [-0.4, -0.2) is 67.3 Å². The number of hydrogen-bond donors (Lipinski definition) is 2. The molecule has 138 valence electrons. The van der Waals surface area contributed by atoms with Gasteiger partial charge >= 0.3 is 6.09 Å². The lowest BCUT2D eigenvalue weighted by molar-refractivity contribution is 0.0222. The minimum Gasteiger partial charge on any atom is -0.471 e. The van der Waals surface area contributed by atoms with Gasteiger partial charge in [-0.2, -0.15) is 15.0 Å². The Bertz CT molecular complexity index is 841. The number of primary amides is 1. The van der Waals surface area contributed by atoms with Crippen molar-refractivity contribution in [2.45, 2.75) is 18.7 Å². The van der Waals surface area contributed by atoms with Crippen LogP contribution in [-0.2, 0) is 7.05 Å². The van der Waals surface area contributed by atoms with Crippen molar-refractivity contribution >= 4 is 12.0 Å². The molecule has 3 N–H and O–H groups in total. The topological polar surface area (TPSA) is 136 Å². The summed E-state index contributed by atoms with van der Waals surface area (Å²) in [6, 6.07) is 1.45. The fourth-order valence-corrected chi connectivity index (χ4v) is 2.67. The minimum absolute atomic E-state index is 0.0129. The van der Waals surface area contributed by atoms with Gasteiger partial charge in [0.15, 0.2) is 6.17 Å². The van der Waals surface area contributed by atoms with Crippen LogP contribution in [0.5, 0.6) is 5.88 Å². The van der Waals surface area contributed by atoms with E-state index >= 15 is 0 Å². The Morgan fingerprint density at radius 2 is 2.19 bits per heavy atom. The maximum atomic E-state index is 14.2. The summed E-state index contributed by atoms with van der Waals surface area (Å²) in [5, 5.41) is 17.0. The van der Waals surface area contributed by atoms with Crippen LogP contribution in [0.15, 0.2) is 18.5 Å². The third-order valence-corrected chi connectivity index (χ3v) is 4.03. The highest BCUT2D eigenvalue weighted by Gasteiger charge is 2.34. The summed E-state index contributed by atoms with van der Waals surface area (Å²) in [7, 11) is 1.65. The number of likely N-dealkylation sites (tertiary alicyclic amines) is 1. The van der Waals surface area contributed by atoms with Crippen LogP contribution >= 0.6 is 0 Å². The third kappa shape index (κ3) is 3.55. The summed E-state index contributed by atoms with van der Waals surface area (Å²) in [5.41, 5.74) is 6.38. The average molecular weight is 364 g/mol. The van der Waals surface area contributed by atoms with Crippen LogP contribution in [0.25, 0.3) is 11.3 Å². The molecule has 2 atom stereocenters. The van der Waals surface area contributed by atoms with Gasteiger partial charge in [-0.25, -0.2) is 14.2 Å². The Kier molecular flexibility index (Phi) is 4.69. The highest BCUT2D eigenvalue weighted by molar-refractivity contribution is 5.96. The van der Waals surface area contributed by atoms with Crippen molar-refractivity contribution in [1.82, 2.24) is 24.9 Å². The first-order valence-electron chi connectivity index (χ1n) is 7.80. The third-order valence-electron chi connectivity index (χ3n) is 4.03. The minimum atomic E-state index is -1.54. The van der Waals surface area contributed by atoms with Gasteiger partial charge in [0.25, 0.3) is 5.91 Å². The van der Waals surface area contributed by atoms with E-state index in [1.165, 1.54) is 23.3 Å². The lowest BCUT2D eigenvalue weighted by atomic mass is 10.1. The zero-order valence-electron chi connectivity index (χ0n) is 13.9.